The largest absolute Gasteiger partial charge is 0.492 e. The number of thiazole rings is 1. The molecule has 0 N–H and O–H groups in total. The first-order valence-electron chi connectivity index (χ1n) is 8.00. The van der Waals surface area contributed by atoms with Crippen LogP contribution in [0.3, 0.4) is 0 Å². The number of aromatic nitrogens is 1. The van der Waals surface area contributed by atoms with Crippen LogP contribution >= 0.6 is 23.1 Å². The van der Waals surface area contributed by atoms with Gasteiger partial charge >= 0.3 is 0 Å². The molecule has 0 unspecified atom stereocenters. The minimum absolute atomic E-state index is 0.691. The van der Waals surface area contributed by atoms with Gasteiger partial charge in [-0.2, -0.15) is 0 Å². The lowest BCUT2D eigenvalue weighted by Gasteiger charge is -2.17. The second-order valence-electron chi connectivity index (χ2n) is 5.69. The lowest BCUT2D eigenvalue weighted by molar-refractivity contribution is 0.223. The Kier molecular flexibility index (Phi) is 6.99. The van der Waals surface area contributed by atoms with Gasteiger partial charge in [-0.1, -0.05) is 39.5 Å². The van der Waals surface area contributed by atoms with Crippen LogP contribution in [-0.4, -0.2) is 41.9 Å². The molecule has 5 heteroatoms. The number of rotatable bonds is 9. The number of hydrogen-bond donors (Lipinski definition) is 0. The van der Waals surface area contributed by atoms with E-state index in [2.05, 4.69) is 49.7 Å². The lowest BCUT2D eigenvalue weighted by Crippen LogP contribution is -2.27. The SMILES string of the molecule is CCN(CC)CCOc1ccc2nc(SCC(C)C)sc2c1. The Labute approximate surface area is 142 Å². The minimum Gasteiger partial charge on any atom is -0.492 e. The molecule has 0 atom stereocenters. The first-order chi connectivity index (χ1) is 10.6. The van der Waals surface area contributed by atoms with Crippen molar-refractivity contribution >= 4 is 33.3 Å². The molecule has 2 aromatic rings. The molecule has 1 heterocycles. The van der Waals surface area contributed by atoms with Crippen LogP contribution in [0.25, 0.3) is 10.2 Å². The smallest absolute Gasteiger partial charge is 0.151 e. The maximum atomic E-state index is 5.89. The van der Waals surface area contributed by atoms with E-state index >= 15 is 0 Å². The van der Waals surface area contributed by atoms with Crippen molar-refractivity contribution in [2.24, 2.45) is 5.92 Å². The van der Waals surface area contributed by atoms with E-state index in [-0.39, 0.29) is 0 Å². The molecule has 0 spiro atoms. The number of likely N-dealkylation sites (N-methyl/N-ethyl adjacent to an activating group) is 1. The third-order valence-electron chi connectivity index (χ3n) is 3.45. The quantitative estimate of drug-likeness (QED) is 0.615. The Morgan fingerprint density at radius 2 is 2.05 bits per heavy atom. The van der Waals surface area contributed by atoms with E-state index in [9.17, 15) is 0 Å². The fourth-order valence-electron chi connectivity index (χ4n) is 2.11. The summed E-state index contributed by atoms with van der Waals surface area (Å²) in [5.41, 5.74) is 1.08. The first kappa shape index (κ1) is 17.6. The van der Waals surface area contributed by atoms with Gasteiger partial charge in [-0.3, -0.25) is 0 Å². The van der Waals surface area contributed by atoms with Gasteiger partial charge in [-0.15, -0.1) is 11.3 Å². The number of fused-ring (bicyclic) bond motifs is 1. The highest BCUT2D eigenvalue weighted by Gasteiger charge is 2.07. The Bertz CT molecular complexity index is 579. The zero-order valence-electron chi connectivity index (χ0n) is 14.0. The van der Waals surface area contributed by atoms with Gasteiger partial charge in [-0.05, 0) is 37.2 Å². The van der Waals surface area contributed by atoms with Crippen molar-refractivity contribution in [3.05, 3.63) is 18.2 Å². The van der Waals surface area contributed by atoms with Crippen molar-refractivity contribution in [2.75, 3.05) is 32.0 Å². The molecular weight excluding hydrogens is 312 g/mol. The summed E-state index contributed by atoms with van der Waals surface area (Å²) in [7, 11) is 0. The summed E-state index contributed by atoms with van der Waals surface area (Å²) in [4.78, 5) is 7.05. The molecule has 1 aromatic heterocycles. The van der Waals surface area contributed by atoms with Crippen LogP contribution in [0, 0.1) is 5.92 Å². The fraction of sp³-hybridized carbons (Fsp3) is 0.588. The van der Waals surface area contributed by atoms with E-state index in [1.807, 2.05) is 17.8 Å². The van der Waals surface area contributed by atoms with Crippen LogP contribution in [0.1, 0.15) is 27.7 Å². The van der Waals surface area contributed by atoms with Crippen LogP contribution in [0.5, 0.6) is 5.75 Å². The van der Waals surface area contributed by atoms with Crippen LogP contribution in [0.4, 0.5) is 0 Å². The van der Waals surface area contributed by atoms with Gasteiger partial charge in [0.2, 0.25) is 0 Å². The molecule has 0 aliphatic carbocycles. The van der Waals surface area contributed by atoms with E-state index < -0.39 is 0 Å². The second-order valence-corrected chi connectivity index (χ2v) is 7.99. The van der Waals surface area contributed by atoms with Crippen LogP contribution in [-0.2, 0) is 0 Å². The Morgan fingerprint density at radius 1 is 1.27 bits per heavy atom. The number of hydrogen-bond acceptors (Lipinski definition) is 5. The molecule has 3 nitrogen and oxygen atoms in total. The van der Waals surface area contributed by atoms with Gasteiger partial charge in [0.05, 0.1) is 10.2 Å². The first-order valence-corrected chi connectivity index (χ1v) is 9.81. The highest BCUT2D eigenvalue weighted by molar-refractivity contribution is 8.01. The van der Waals surface area contributed by atoms with E-state index in [0.717, 1.165) is 47.6 Å². The Balaban J connectivity index is 1.94. The molecule has 22 heavy (non-hydrogen) atoms. The summed E-state index contributed by atoms with van der Waals surface area (Å²) in [5.74, 6) is 2.76. The molecule has 2 rings (SSSR count). The van der Waals surface area contributed by atoms with Gasteiger partial charge < -0.3 is 9.64 Å². The zero-order chi connectivity index (χ0) is 15.9. The molecule has 0 aliphatic rings. The van der Waals surface area contributed by atoms with Crippen molar-refractivity contribution in [3.8, 4) is 5.75 Å². The van der Waals surface area contributed by atoms with Crippen LogP contribution in [0.15, 0.2) is 22.5 Å². The highest BCUT2D eigenvalue weighted by Crippen LogP contribution is 2.32. The van der Waals surface area contributed by atoms with Crippen molar-refractivity contribution in [1.82, 2.24) is 9.88 Å². The average molecular weight is 339 g/mol. The molecular formula is C17H26N2OS2. The van der Waals surface area contributed by atoms with Crippen molar-refractivity contribution in [3.63, 3.8) is 0 Å². The molecule has 0 saturated heterocycles. The third kappa shape index (κ3) is 5.14. The van der Waals surface area contributed by atoms with Crippen LogP contribution in [0.2, 0.25) is 0 Å². The summed E-state index contributed by atoms with van der Waals surface area (Å²) in [6.07, 6.45) is 0. The third-order valence-corrected chi connectivity index (χ3v) is 6.04. The summed E-state index contributed by atoms with van der Waals surface area (Å²) in [5, 5.41) is 0. The normalized spacial score (nSPS) is 11.7. The minimum atomic E-state index is 0.691. The fourth-order valence-corrected chi connectivity index (χ4v) is 4.18. The molecule has 0 radical (unpaired) electrons. The van der Waals surface area contributed by atoms with Gasteiger partial charge in [0.25, 0.3) is 0 Å². The maximum Gasteiger partial charge on any atom is 0.151 e. The second kappa shape index (κ2) is 8.75. The zero-order valence-corrected chi connectivity index (χ0v) is 15.6. The summed E-state index contributed by atoms with van der Waals surface area (Å²) in [6, 6.07) is 6.22. The highest BCUT2D eigenvalue weighted by atomic mass is 32.2. The number of thioether (sulfide) groups is 1. The molecule has 122 valence electrons. The van der Waals surface area contributed by atoms with Crippen molar-refractivity contribution < 1.29 is 4.74 Å². The predicted octanol–water partition coefficient (Wildman–Crippen LogP) is 4.77. The number of benzene rings is 1. The van der Waals surface area contributed by atoms with E-state index in [1.165, 1.54) is 4.70 Å². The predicted molar refractivity (Wildman–Crippen MR) is 98.5 cm³/mol. The maximum absolute atomic E-state index is 5.89. The molecule has 0 aliphatic heterocycles. The summed E-state index contributed by atoms with van der Waals surface area (Å²) in [6.45, 7) is 12.7. The van der Waals surface area contributed by atoms with E-state index in [4.69, 9.17) is 4.74 Å². The topological polar surface area (TPSA) is 25.4 Å². The van der Waals surface area contributed by atoms with Crippen LogP contribution < -0.4 is 4.74 Å². The van der Waals surface area contributed by atoms with E-state index in [0.29, 0.717) is 5.92 Å². The lowest BCUT2D eigenvalue weighted by atomic mass is 10.3. The molecule has 0 amide bonds. The van der Waals surface area contributed by atoms with Crippen molar-refractivity contribution in [1.29, 1.82) is 0 Å². The average Bonchev–Trinajstić information content (AvgIpc) is 2.91. The molecule has 0 bridgehead atoms. The van der Waals surface area contributed by atoms with Crippen molar-refractivity contribution in [2.45, 2.75) is 32.0 Å². The Morgan fingerprint density at radius 3 is 2.73 bits per heavy atom. The molecule has 1 aromatic carbocycles. The van der Waals surface area contributed by atoms with E-state index in [1.54, 1.807) is 11.3 Å². The molecule has 0 fully saturated rings. The Hall–Kier alpha value is -0.780. The summed E-state index contributed by atoms with van der Waals surface area (Å²) < 4.78 is 8.26. The molecule has 0 saturated carbocycles. The number of ether oxygens (including phenoxy) is 1. The standard InChI is InChI=1S/C17H26N2OS2/c1-5-19(6-2)9-10-20-14-7-8-15-16(11-14)22-17(18-15)21-12-13(3)4/h7-8,11,13H,5-6,9-10,12H2,1-4H3. The van der Waals surface area contributed by atoms with Gasteiger partial charge in [0.15, 0.2) is 4.34 Å². The monoisotopic (exact) mass is 338 g/mol. The summed E-state index contributed by atoms with van der Waals surface area (Å²) >= 11 is 3.61. The van der Waals surface area contributed by atoms with Gasteiger partial charge in [-0.25, -0.2) is 4.98 Å². The number of nitrogens with zero attached hydrogens (tertiary/aromatic N) is 2. The van der Waals surface area contributed by atoms with Gasteiger partial charge in [0, 0.05) is 12.3 Å². The van der Waals surface area contributed by atoms with Gasteiger partial charge in [0.1, 0.15) is 12.4 Å².